The Labute approximate surface area is 86.5 Å². The zero-order valence-corrected chi connectivity index (χ0v) is 9.03. The Kier molecular flexibility index (Phi) is 2.87. The molecule has 1 aliphatic heterocycles. The fourth-order valence-electron chi connectivity index (χ4n) is 2.50. The van der Waals surface area contributed by atoms with Crippen molar-refractivity contribution >= 4 is 0 Å². The number of rotatable bonds is 1. The maximum Gasteiger partial charge on any atom is 0.0325 e. The number of benzene rings is 1. The minimum atomic E-state index is 0.565. The lowest BCUT2D eigenvalue weighted by molar-refractivity contribution is 0.269. The topological polar surface area (TPSA) is 12.0 Å². The summed E-state index contributed by atoms with van der Waals surface area (Å²) in [5.74, 6) is 0.844. The van der Waals surface area contributed by atoms with Crippen LogP contribution in [-0.2, 0) is 0 Å². The van der Waals surface area contributed by atoms with Gasteiger partial charge in [-0.2, -0.15) is 0 Å². The molecule has 1 heteroatoms. The predicted molar refractivity (Wildman–Crippen MR) is 60.2 cm³/mol. The van der Waals surface area contributed by atoms with Gasteiger partial charge in [-0.15, -0.1) is 0 Å². The lowest BCUT2D eigenvalue weighted by atomic mass is 9.87. The van der Waals surface area contributed by atoms with E-state index in [0.717, 1.165) is 5.92 Å². The molecule has 3 unspecified atom stereocenters. The third-order valence-corrected chi connectivity index (χ3v) is 3.08. The summed E-state index contributed by atoms with van der Waals surface area (Å²) in [6.45, 7) is 4.64. The molecule has 1 aromatic carbocycles. The van der Waals surface area contributed by atoms with Crippen molar-refractivity contribution in [2.75, 3.05) is 0 Å². The predicted octanol–water partition coefficient (Wildman–Crippen LogP) is 3.14. The van der Waals surface area contributed by atoms with Gasteiger partial charge in [0.25, 0.3) is 0 Å². The van der Waals surface area contributed by atoms with Gasteiger partial charge in [-0.3, -0.25) is 0 Å². The van der Waals surface area contributed by atoms with Gasteiger partial charge in [-0.1, -0.05) is 37.3 Å². The van der Waals surface area contributed by atoms with E-state index in [-0.39, 0.29) is 0 Å². The highest BCUT2D eigenvalue weighted by atomic mass is 15.0. The molecule has 1 N–H and O–H groups in total. The van der Waals surface area contributed by atoms with Crippen molar-refractivity contribution in [3.05, 3.63) is 35.9 Å². The quantitative estimate of drug-likeness (QED) is 0.715. The molecule has 1 saturated heterocycles. The summed E-state index contributed by atoms with van der Waals surface area (Å²) in [6, 6.07) is 12.0. The summed E-state index contributed by atoms with van der Waals surface area (Å²) in [5.41, 5.74) is 1.44. The maximum absolute atomic E-state index is 3.66. The smallest absolute Gasteiger partial charge is 0.0325 e. The van der Waals surface area contributed by atoms with Gasteiger partial charge in [0, 0.05) is 12.1 Å². The van der Waals surface area contributed by atoms with Crippen molar-refractivity contribution in [3.8, 4) is 0 Å². The molecule has 1 aromatic rings. The van der Waals surface area contributed by atoms with Crippen molar-refractivity contribution in [2.45, 2.75) is 38.8 Å². The fraction of sp³-hybridized carbons (Fsp3) is 0.538. The Morgan fingerprint density at radius 2 is 1.79 bits per heavy atom. The molecule has 1 fully saturated rings. The van der Waals surface area contributed by atoms with Gasteiger partial charge >= 0.3 is 0 Å². The number of hydrogen-bond acceptors (Lipinski definition) is 1. The van der Waals surface area contributed by atoms with Crippen LogP contribution in [0.15, 0.2) is 30.3 Å². The van der Waals surface area contributed by atoms with E-state index in [0.29, 0.717) is 12.1 Å². The first-order valence-electron chi connectivity index (χ1n) is 5.56. The van der Waals surface area contributed by atoms with Gasteiger partial charge in [0.2, 0.25) is 0 Å². The SMILES string of the molecule is CC1CC(C)NC(c2ccccc2)C1. The second-order valence-electron chi connectivity index (χ2n) is 4.61. The van der Waals surface area contributed by atoms with Crippen molar-refractivity contribution in [3.63, 3.8) is 0 Å². The molecule has 1 aliphatic rings. The molecule has 1 nitrogen and oxygen atoms in total. The first kappa shape index (κ1) is 9.72. The van der Waals surface area contributed by atoms with Gasteiger partial charge in [-0.05, 0) is 31.2 Å². The second-order valence-corrected chi connectivity index (χ2v) is 4.61. The highest BCUT2D eigenvalue weighted by Crippen LogP contribution is 2.29. The summed E-state index contributed by atoms with van der Waals surface area (Å²) >= 11 is 0. The summed E-state index contributed by atoms with van der Waals surface area (Å²) in [7, 11) is 0. The number of hydrogen-bond donors (Lipinski definition) is 1. The summed E-state index contributed by atoms with van der Waals surface area (Å²) in [6.07, 6.45) is 2.58. The average molecular weight is 189 g/mol. The fourth-order valence-corrected chi connectivity index (χ4v) is 2.50. The zero-order valence-electron chi connectivity index (χ0n) is 9.03. The molecule has 0 amide bonds. The van der Waals surface area contributed by atoms with Crippen LogP contribution in [0.4, 0.5) is 0 Å². The van der Waals surface area contributed by atoms with Crippen molar-refractivity contribution in [1.82, 2.24) is 5.32 Å². The van der Waals surface area contributed by atoms with Gasteiger partial charge < -0.3 is 5.32 Å². The molecule has 0 aromatic heterocycles. The Morgan fingerprint density at radius 3 is 2.43 bits per heavy atom. The highest BCUT2D eigenvalue weighted by Gasteiger charge is 2.23. The van der Waals surface area contributed by atoms with Crippen LogP contribution in [0.2, 0.25) is 0 Å². The van der Waals surface area contributed by atoms with E-state index in [1.54, 1.807) is 0 Å². The van der Waals surface area contributed by atoms with Gasteiger partial charge in [0.1, 0.15) is 0 Å². The van der Waals surface area contributed by atoms with Crippen molar-refractivity contribution in [1.29, 1.82) is 0 Å². The largest absolute Gasteiger partial charge is 0.307 e. The summed E-state index contributed by atoms with van der Waals surface area (Å²) in [5, 5.41) is 3.66. The average Bonchev–Trinajstić information content (AvgIpc) is 2.18. The monoisotopic (exact) mass is 189 g/mol. The van der Waals surface area contributed by atoms with E-state index in [1.807, 2.05) is 0 Å². The van der Waals surface area contributed by atoms with Gasteiger partial charge in [-0.25, -0.2) is 0 Å². The molecule has 0 saturated carbocycles. The third-order valence-electron chi connectivity index (χ3n) is 3.08. The lowest BCUT2D eigenvalue weighted by Gasteiger charge is -2.33. The maximum atomic E-state index is 3.66. The third kappa shape index (κ3) is 2.16. The van der Waals surface area contributed by atoms with E-state index < -0.39 is 0 Å². The van der Waals surface area contributed by atoms with Gasteiger partial charge in [0.05, 0.1) is 0 Å². The molecule has 76 valence electrons. The van der Waals surface area contributed by atoms with Crippen LogP contribution in [-0.4, -0.2) is 6.04 Å². The molecule has 1 heterocycles. The van der Waals surface area contributed by atoms with Crippen molar-refractivity contribution < 1.29 is 0 Å². The molecule has 2 rings (SSSR count). The van der Waals surface area contributed by atoms with E-state index in [4.69, 9.17) is 0 Å². The number of nitrogens with one attached hydrogen (secondary N) is 1. The van der Waals surface area contributed by atoms with Gasteiger partial charge in [0.15, 0.2) is 0 Å². The Bertz CT molecular complexity index is 271. The van der Waals surface area contributed by atoms with E-state index >= 15 is 0 Å². The zero-order chi connectivity index (χ0) is 9.97. The minimum Gasteiger partial charge on any atom is -0.307 e. The second kappa shape index (κ2) is 4.14. The standard InChI is InChI=1S/C13H19N/c1-10-8-11(2)14-13(9-10)12-6-4-3-5-7-12/h3-7,10-11,13-14H,8-9H2,1-2H3. The Hall–Kier alpha value is -0.820. The minimum absolute atomic E-state index is 0.565. The highest BCUT2D eigenvalue weighted by molar-refractivity contribution is 5.19. The molecular weight excluding hydrogens is 170 g/mol. The molecule has 14 heavy (non-hydrogen) atoms. The van der Waals surface area contributed by atoms with Crippen LogP contribution in [0.5, 0.6) is 0 Å². The molecule has 0 spiro atoms. The van der Waals surface area contributed by atoms with Crippen LogP contribution >= 0.6 is 0 Å². The van der Waals surface area contributed by atoms with E-state index in [2.05, 4.69) is 49.5 Å². The summed E-state index contributed by atoms with van der Waals surface area (Å²) in [4.78, 5) is 0. The van der Waals surface area contributed by atoms with Crippen LogP contribution in [0, 0.1) is 5.92 Å². The van der Waals surface area contributed by atoms with E-state index in [1.165, 1.54) is 18.4 Å². The molecule has 0 bridgehead atoms. The van der Waals surface area contributed by atoms with Crippen LogP contribution in [0.25, 0.3) is 0 Å². The summed E-state index contributed by atoms with van der Waals surface area (Å²) < 4.78 is 0. The molecular formula is C13H19N. The van der Waals surface area contributed by atoms with Crippen LogP contribution in [0.1, 0.15) is 38.3 Å². The Morgan fingerprint density at radius 1 is 1.07 bits per heavy atom. The Balaban J connectivity index is 2.11. The lowest BCUT2D eigenvalue weighted by Crippen LogP contribution is -2.37. The molecule has 0 aliphatic carbocycles. The molecule has 3 atom stereocenters. The molecule has 0 radical (unpaired) electrons. The van der Waals surface area contributed by atoms with E-state index in [9.17, 15) is 0 Å². The van der Waals surface area contributed by atoms with Crippen molar-refractivity contribution in [2.24, 2.45) is 5.92 Å². The van der Waals surface area contributed by atoms with Crippen LogP contribution in [0.3, 0.4) is 0 Å². The first-order chi connectivity index (χ1) is 6.75. The number of piperidine rings is 1. The first-order valence-corrected chi connectivity index (χ1v) is 5.56. The van der Waals surface area contributed by atoms with Crippen LogP contribution < -0.4 is 5.32 Å². The normalized spacial score (nSPS) is 32.9.